The lowest BCUT2D eigenvalue weighted by molar-refractivity contribution is 0.464. The van der Waals surface area contributed by atoms with Crippen LogP contribution in [0.25, 0.3) is 0 Å². The van der Waals surface area contributed by atoms with E-state index in [1.165, 1.54) is 12.5 Å². The molecular weight excluding hydrogens is 241 g/mol. The van der Waals surface area contributed by atoms with Gasteiger partial charge in [-0.05, 0) is 30.5 Å². The zero-order chi connectivity index (χ0) is 14.3. The van der Waals surface area contributed by atoms with Crippen LogP contribution in [0.1, 0.15) is 30.9 Å². The summed E-state index contributed by atoms with van der Waals surface area (Å²) >= 11 is 0. The lowest BCUT2D eigenvalue weighted by atomic mass is 10.1. The number of halogens is 1. The molecule has 0 aliphatic rings. The molecular formula is C15H24FN3. The summed E-state index contributed by atoms with van der Waals surface area (Å²) in [6.07, 6.45) is 2.31. The Hall–Kier alpha value is -1.58. The molecule has 0 radical (unpaired) electrons. The fourth-order valence-electron chi connectivity index (χ4n) is 1.88. The van der Waals surface area contributed by atoms with Crippen molar-refractivity contribution >= 4 is 5.96 Å². The van der Waals surface area contributed by atoms with E-state index in [1.54, 1.807) is 20.0 Å². The maximum absolute atomic E-state index is 13.2. The predicted octanol–water partition coefficient (Wildman–Crippen LogP) is 2.94. The monoisotopic (exact) mass is 265 g/mol. The minimum atomic E-state index is -0.159. The van der Waals surface area contributed by atoms with E-state index in [0.717, 1.165) is 24.5 Å². The third-order valence-corrected chi connectivity index (χ3v) is 3.09. The van der Waals surface area contributed by atoms with Crippen molar-refractivity contribution in [1.29, 1.82) is 0 Å². The quantitative estimate of drug-likeness (QED) is 0.655. The van der Waals surface area contributed by atoms with Crippen LogP contribution in [0.3, 0.4) is 0 Å². The van der Waals surface area contributed by atoms with E-state index in [0.29, 0.717) is 12.1 Å². The van der Waals surface area contributed by atoms with Crippen LogP contribution in [0.4, 0.5) is 4.39 Å². The number of guanidine groups is 1. The van der Waals surface area contributed by atoms with Gasteiger partial charge in [0, 0.05) is 27.2 Å². The Morgan fingerprint density at radius 2 is 2.16 bits per heavy atom. The van der Waals surface area contributed by atoms with Gasteiger partial charge in [0.2, 0.25) is 0 Å². The predicted molar refractivity (Wildman–Crippen MR) is 78.9 cm³/mol. The number of unbranched alkanes of at least 4 members (excludes halogenated alkanes) is 1. The van der Waals surface area contributed by atoms with E-state index >= 15 is 0 Å². The van der Waals surface area contributed by atoms with Gasteiger partial charge in [0.1, 0.15) is 5.82 Å². The van der Waals surface area contributed by atoms with Crippen LogP contribution in [0, 0.1) is 12.7 Å². The average Bonchev–Trinajstić information content (AvgIpc) is 2.41. The maximum atomic E-state index is 13.2. The first-order chi connectivity index (χ1) is 9.08. The number of aryl methyl sites for hydroxylation is 1. The Labute approximate surface area is 115 Å². The topological polar surface area (TPSA) is 27.6 Å². The van der Waals surface area contributed by atoms with Crippen molar-refractivity contribution in [3.05, 3.63) is 35.1 Å². The lowest BCUT2D eigenvalue weighted by Gasteiger charge is -2.22. The summed E-state index contributed by atoms with van der Waals surface area (Å²) in [7, 11) is 3.81. The van der Waals surface area contributed by atoms with Gasteiger partial charge in [0.25, 0.3) is 0 Å². The first kappa shape index (κ1) is 15.5. The fraction of sp³-hybridized carbons (Fsp3) is 0.533. The molecule has 3 nitrogen and oxygen atoms in total. The molecule has 0 aromatic heterocycles. The van der Waals surface area contributed by atoms with Gasteiger partial charge in [-0.15, -0.1) is 0 Å². The second-order valence-electron chi connectivity index (χ2n) is 4.76. The van der Waals surface area contributed by atoms with Gasteiger partial charge < -0.3 is 10.2 Å². The Balaban J connectivity index is 2.55. The second-order valence-corrected chi connectivity index (χ2v) is 4.76. The first-order valence-electron chi connectivity index (χ1n) is 6.75. The van der Waals surface area contributed by atoms with E-state index in [9.17, 15) is 4.39 Å². The third kappa shape index (κ3) is 4.89. The van der Waals surface area contributed by atoms with Crippen molar-refractivity contribution in [2.45, 2.75) is 33.2 Å². The largest absolute Gasteiger partial charge is 0.352 e. The molecule has 0 spiro atoms. The molecule has 1 aromatic carbocycles. The highest BCUT2D eigenvalue weighted by atomic mass is 19.1. The number of nitrogens with one attached hydrogen (secondary N) is 1. The van der Waals surface area contributed by atoms with Crippen LogP contribution in [0.15, 0.2) is 23.2 Å². The Kier molecular flexibility index (Phi) is 6.33. The second kappa shape index (κ2) is 7.77. The molecule has 0 saturated carbocycles. The zero-order valence-corrected chi connectivity index (χ0v) is 12.3. The molecule has 0 saturated heterocycles. The molecule has 1 N–H and O–H groups in total. The Bertz CT molecular complexity index is 429. The van der Waals surface area contributed by atoms with Gasteiger partial charge in [-0.2, -0.15) is 0 Å². The minimum Gasteiger partial charge on any atom is -0.352 e. The Morgan fingerprint density at radius 3 is 2.74 bits per heavy atom. The van der Waals surface area contributed by atoms with E-state index in [2.05, 4.69) is 22.1 Å². The summed E-state index contributed by atoms with van der Waals surface area (Å²) < 4.78 is 13.2. The SMILES string of the molecule is CCCCN(C)C(=NC)NCc1ccc(F)c(C)c1. The van der Waals surface area contributed by atoms with Crippen molar-refractivity contribution in [2.75, 3.05) is 20.6 Å². The molecule has 0 heterocycles. The molecule has 1 aromatic rings. The normalized spacial score (nSPS) is 11.5. The van der Waals surface area contributed by atoms with Crippen LogP contribution in [-0.2, 0) is 6.54 Å². The molecule has 19 heavy (non-hydrogen) atoms. The molecule has 1 rings (SSSR count). The molecule has 0 amide bonds. The fourth-order valence-corrected chi connectivity index (χ4v) is 1.88. The molecule has 0 unspecified atom stereocenters. The van der Waals surface area contributed by atoms with Crippen molar-refractivity contribution < 1.29 is 4.39 Å². The third-order valence-electron chi connectivity index (χ3n) is 3.09. The van der Waals surface area contributed by atoms with E-state index in [1.807, 2.05) is 13.1 Å². The number of rotatable bonds is 5. The number of hydrogen-bond donors (Lipinski definition) is 1. The highest BCUT2D eigenvalue weighted by molar-refractivity contribution is 5.79. The van der Waals surface area contributed by atoms with Gasteiger partial charge in [-0.1, -0.05) is 25.5 Å². The first-order valence-corrected chi connectivity index (χ1v) is 6.75. The number of aliphatic imine (C=N–C) groups is 1. The minimum absolute atomic E-state index is 0.159. The highest BCUT2D eigenvalue weighted by Crippen LogP contribution is 2.09. The van der Waals surface area contributed by atoms with Crippen LogP contribution in [0.2, 0.25) is 0 Å². The number of hydrogen-bond acceptors (Lipinski definition) is 1. The van der Waals surface area contributed by atoms with Gasteiger partial charge >= 0.3 is 0 Å². The molecule has 0 fully saturated rings. The van der Waals surface area contributed by atoms with Gasteiger partial charge in [-0.25, -0.2) is 4.39 Å². The van der Waals surface area contributed by atoms with Crippen molar-refractivity contribution in [1.82, 2.24) is 10.2 Å². The van der Waals surface area contributed by atoms with E-state index < -0.39 is 0 Å². The Morgan fingerprint density at radius 1 is 1.42 bits per heavy atom. The van der Waals surface area contributed by atoms with E-state index in [4.69, 9.17) is 0 Å². The summed E-state index contributed by atoms with van der Waals surface area (Å²) in [4.78, 5) is 6.36. The van der Waals surface area contributed by atoms with Crippen LogP contribution >= 0.6 is 0 Å². The highest BCUT2D eigenvalue weighted by Gasteiger charge is 2.05. The standard InChI is InChI=1S/C15H24FN3/c1-5-6-9-19(4)15(17-3)18-11-13-7-8-14(16)12(2)10-13/h7-8,10H,5-6,9,11H2,1-4H3,(H,17,18). The zero-order valence-electron chi connectivity index (χ0n) is 12.3. The van der Waals surface area contributed by atoms with E-state index in [-0.39, 0.29) is 5.82 Å². The van der Waals surface area contributed by atoms with Crippen LogP contribution in [-0.4, -0.2) is 31.5 Å². The summed E-state index contributed by atoms with van der Waals surface area (Å²) in [6.45, 7) is 5.59. The van der Waals surface area contributed by atoms with Crippen molar-refractivity contribution in [3.8, 4) is 0 Å². The molecule has 0 atom stereocenters. The molecule has 4 heteroatoms. The molecule has 0 bridgehead atoms. The molecule has 106 valence electrons. The average molecular weight is 265 g/mol. The number of benzene rings is 1. The summed E-state index contributed by atoms with van der Waals surface area (Å²) in [5, 5.41) is 3.29. The smallest absolute Gasteiger partial charge is 0.193 e. The molecule has 0 aliphatic heterocycles. The number of nitrogens with zero attached hydrogens (tertiary/aromatic N) is 2. The van der Waals surface area contributed by atoms with Crippen LogP contribution < -0.4 is 5.32 Å². The molecule has 0 aliphatic carbocycles. The maximum Gasteiger partial charge on any atom is 0.193 e. The summed E-state index contributed by atoms with van der Waals surface area (Å²) in [5.74, 6) is 0.712. The van der Waals surface area contributed by atoms with Crippen LogP contribution in [0.5, 0.6) is 0 Å². The van der Waals surface area contributed by atoms with Gasteiger partial charge in [0.15, 0.2) is 5.96 Å². The van der Waals surface area contributed by atoms with Crippen molar-refractivity contribution in [2.24, 2.45) is 4.99 Å². The van der Waals surface area contributed by atoms with Gasteiger partial charge in [0.05, 0.1) is 0 Å². The van der Waals surface area contributed by atoms with Crippen molar-refractivity contribution in [3.63, 3.8) is 0 Å². The summed E-state index contributed by atoms with van der Waals surface area (Å²) in [5.41, 5.74) is 1.73. The summed E-state index contributed by atoms with van der Waals surface area (Å²) in [6, 6.07) is 5.17. The van der Waals surface area contributed by atoms with Gasteiger partial charge in [-0.3, -0.25) is 4.99 Å². The lowest BCUT2D eigenvalue weighted by Crippen LogP contribution is -2.38.